The Morgan fingerprint density at radius 3 is 2.10 bits per heavy atom. The molecule has 0 bridgehead atoms. The van der Waals surface area contributed by atoms with Gasteiger partial charge in [-0.2, -0.15) is 0 Å². The molecule has 0 heteroatoms. The van der Waals surface area contributed by atoms with Crippen molar-refractivity contribution in [2.24, 2.45) is 17.8 Å². The van der Waals surface area contributed by atoms with Crippen molar-refractivity contribution in [1.82, 2.24) is 0 Å². The van der Waals surface area contributed by atoms with Gasteiger partial charge in [-0.3, -0.25) is 0 Å². The predicted octanol–water partition coefficient (Wildman–Crippen LogP) is 6.90. The van der Waals surface area contributed by atoms with Crippen molar-refractivity contribution in [3.05, 3.63) is 41.9 Å². The minimum Gasteiger partial charge on any atom is -0.0802 e. The highest BCUT2D eigenvalue weighted by molar-refractivity contribution is 5.59. The topological polar surface area (TPSA) is 0 Å². The van der Waals surface area contributed by atoms with Gasteiger partial charge in [0.1, 0.15) is 0 Å². The zero-order valence-electron chi connectivity index (χ0n) is 14.9. The van der Waals surface area contributed by atoms with Crippen LogP contribution in [0.1, 0.15) is 73.1 Å². The van der Waals surface area contributed by atoms with Gasteiger partial charge >= 0.3 is 0 Å². The first-order valence-electron chi connectivity index (χ1n) is 9.07. The smallest absolute Gasteiger partial charge is 0.0131 e. The average molecular weight is 288 g/mol. The van der Waals surface area contributed by atoms with Gasteiger partial charge in [0.05, 0.1) is 0 Å². The van der Waals surface area contributed by atoms with Crippen LogP contribution < -0.4 is 0 Å². The predicted molar refractivity (Wildman–Crippen MR) is 96.1 cm³/mol. The molecule has 2 unspecified atom stereocenters. The van der Waals surface area contributed by atoms with Crippen LogP contribution in [0, 0.1) is 24.2 Å². The molecule has 1 radical (unpaired) electrons. The third-order valence-corrected chi connectivity index (χ3v) is 4.46. The van der Waals surface area contributed by atoms with Gasteiger partial charge in [-0.1, -0.05) is 84.6 Å². The quantitative estimate of drug-likeness (QED) is 0.447. The lowest BCUT2D eigenvalue weighted by molar-refractivity contribution is 0.443. The lowest BCUT2D eigenvalue weighted by Crippen LogP contribution is -2.12. The van der Waals surface area contributed by atoms with Crippen molar-refractivity contribution < 1.29 is 0 Å². The molecule has 0 amide bonds. The summed E-state index contributed by atoms with van der Waals surface area (Å²) in [7, 11) is 0. The molecule has 0 aromatic heterocycles. The van der Waals surface area contributed by atoms with Crippen molar-refractivity contribution in [1.29, 1.82) is 0 Å². The normalized spacial score (nSPS) is 23.3. The van der Waals surface area contributed by atoms with E-state index < -0.39 is 0 Å². The molecule has 2 rings (SSSR count). The largest absolute Gasteiger partial charge is 0.0802 e. The Morgan fingerprint density at radius 1 is 0.952 bits per heavy atom. The van der Waals surface area contributed by atoms with E-state index in [9.17, 15) is 0 Å². The van der Waals surface area contributed by atoms with Crippen molar-refractivity contribution >= 4 is 0 Å². The standard InChI is InChI=1S/C13H17.C8H18/c1-3-10-5-8-13(12-6-7-12)9-11(10)4-2;1-4-5-6-7-8(2)3/h5-11H,3-4H2,1-2H3;8H,4-7H2,1-3H3. The van der Waals surface area contributed by atoms with Crippen LogP contribution in [-0.4, -0.2) is 0 Å². The summed E-state index contributed by atoms with van der Waals surface area (Å²) >= 11 is 0. The van der Waals surface area contributed by atoms with Gasteiger partial charge in [0.25, 0.3) is 0 Å². The highest BCUT2D eigenvalue weighted by atomic mass is 14.3. The number of hydrogen-bond acceptors (Lipinski definition) is 0. The van der Waals surface area contributed by atoms with Crippen molar-refractivity contribution in [2.75, 3.05) is 0 Å². The third kappa shape index (κ3) is 7.16. The fourth-order valence-electron chi connectivity index (χ4n) is 2.87. The van der Waals surface area contributed by atoms with Crippen molar-refractivity contribution in [2.45, 2.75) is 73.1 Å². The summed E-state index contributed by atoms with van der Waals surface area (Å²) in [5, 5.41) is 0. The van der Waals surface area contributed by atoms with E-state index >= 15 is 0 Å². The van der Waals surface area contributed by atoms with Gasteiger partial charge in [0.2, 0.25) is 0 Å². The van der Waals surface area contributed by atoms with E-state index in [4.69, 9.17) is 0 Å². The monoisotopic (exact) mass is 287 g/mol. The molecule has 2 aliphatic carbocycles. The zero-order chi connectivity index (χ0) is 15.7. The van der Waals surface area contributed by atoms with Crippen LogP contribution in [0.25, 0.3) is 0 Å². The molecule has 0 saturated carbocycles. The first-order chi connectivity index (χ1) is 10.1. The molecule has 2 aliphatic rings. The summed E-state index contributed by atoms with van der Waals surface area (Å²) in [4.78, 5) is 0. The first-order valence-corrected chi connectivity index (χ1v) is 9.07. The Labute approximate surface area is 133 Å². The summed E-state index contributed by atoms with van der Waals surface area (Å²) in [6.07, 6.45) is 19.6. The van der Waals surface area contributed by atoms with Crippen LogP contribution in [0.3, 0.4) is 0 Å². The van der Waals surface area contributed by atoms with E-state index in [1.54, 1.807) is 0 Å². The third-order valence-electron chi connectivity index (χ3n) is 4.46. The first kappa shape index (κ1) is 18.3. The van der Waals surface area contributed by atoms with Crippen molar-refractivity contribution in [3.63, 3.8) is 0 Å². The molecule has 0 nitrogen and oxygen atoms in total. The maximum absolute atomic E-state index is 2.45. The highest BCUT2D eigenvalue weighted by Gasteiger charge is 2.21. The van der Waals surface area contributed by atoms with Crippen molar-refractivity contribution in [3.8, 4) is 0 Å². The Balaban J connectivity index is 0.000000240. The van der Waals surface area contributed by atoms with Crippen LogP contribution >= 0.6 is 0 Å². The van der Waals surface area contributed by atoms with Gasteiger partial charge in [-0.05, 0) is 41.7 Å². The summed E-state index contributed by atoms with van der Waals surface area (Å²) in [6, 6.07) is 0. The molecular weight excluding hydrogens is 252 g/mol. The molecule has 0 aromatic carbocycles. The fraction of sp³-hybridized carbons (Fsp3) is 0.667. The van der Waals surface area contributed by atoms with Crippen LogP contribution in [0.2, 0.25) is 0 Å². The fourth-order valence-corrected chi connectivity index (χ4v) is 2.87. The SMILES string of the molecule is CCC1C=CC(C2=C[CH]2)=CC1CC.CCCCCC(C)C. The summed E-state index contributed by atoms with van der Waals surface area (Å²) in [5.74, 6) is 2.44. The summed E-state index contributed by atoms with van der Waals surface area (Å²) in [6.45, 7) is 11.4. The van der Waals surface area contributed by atoms with E-state index in [-0.39, 0.29) is 0 Å². The molecule has 0 saturated heterocycles. The van der Waals surface area contributed by atoms with Gasteiger partial charge in [0, 0.05) is 6.42 Å². The molecule has 21 heavy (non-hydrogen) atoms. The Kier molecular flexibility index (Phi) is 8.73. The number of rotatable bonds is 7. The van der Waals surface area contributed by atoms with E-state index in [1.165, 1.54) is 49.7 Å². The minimum atomic E-state index is 0.764. The molecule has 0 fully saturated rings. The average Bonchev–Trinajstić information content (AvgIpc) is 3.32. The van der Waals surface area contributed by atoms with Gasteiger partial charge in [-0.25, -0.2) is 0 Å². The van der Waals surface area contributed by atoms with Crippen LogP contribution in [0.5, 0.6) is 0 Å². The molecule has 2 atom stereocenters. The molecular formula is C21H35. The van der Waals surface area contributed by atoms with Gasteiger partial charge in [0.15, 0.2) is 0 Å². The molecule has 0 aromatic rings. The van der Waals surface area contributed by atoms with E-state index in [0.717, 1.165) is 17.8 Å². The molecule has 0 heterocycles. The van der Waals surface area contributed by atoms with Crippen LogP contribution in [0.15, 0.2) is 35.5 Å². The Morgan fingerprint density at radius 2 is 1.62 bits per heavy atom. The molecule has 119 valence electrons. The summed E-state index contributed by atoms with van der Waals surface area (Å²) in [5.41, 5.74) is 2.88. The maximum atomic E-state index is 2.45. The van der Waals surface area contributed by atoms with Gasteiger partial charge < -0.3 is 0 Å². The Bertz CT molecular complexity index is 367. The second-order valence-electron chi connectivity index (χ2n) is 6.80. The molecule has 0 N–H and O–H groups in total. The van der Waals surface area contributed by atoms with Crippen LogP contribution in [0.4, 0.5) is 0 Å². The van der Waals surface area contributed by atoms with E-state index in [0.29, 0.717) is 0 Å². The minimum absolute atomic E-state index is 0.764. The maximum Gasteiger partial charge on any atom is 0.0131 e. The second-order valence-corrected chi connectivity index (χ2v) is 6.80. The lowest BCUT2D eigenvalue weighted by atomic mass is 9.82. The summed E-state index contributed by atoms with van der Waals surface area (Å²) < 4.78 is 0. The number of hydrogen-bond donors (Lipinski definition) is 0. The highest BCUT2D eigenvalue weighted by Crippen LogP contribution is 2.35. The lowest BCUT2D eigenvalue weighted by Gasteiger charge is -2.23. The Hall–Kier alpha value is -0.780. The second kappa shape index (κ2) is 10.0. The molecule has 0 spiro atoms. The van der Waals surface area contributed by atoms with Gasteiger partial charge in [-0.15, -0.1) is 0 Å². The van der Waals surface area contributed by atoms with E-state index in [1.807, 2.05) is 0 Å². The zero-order valence-corrected chi connectivity index (χ0v) is 14.9. The number of unbranched alkanes of at least 4 members (excludes halogenated alkanes) is 2. The van der Waals surface area contributed by atoms with E-state index in [2.05, 4.69) is 65.3 Å². The van der Waals surface area contributed by atoms with Crippen LogP contribution in [-0.2, 0) is 0 Å². The molecule has 0 aliphatic heterocycles. The number of allylic oxidation sites excluding steroid dienone is 6.